The van der Waals surface area contributed by atoms with E-state index in [-0.39, 0.29) is 0 Å². The largest absolute Gasteiger partial charge is 0.215 e. The maximum absolute atomic E-state index is 11.9. The van der Waals surface area contributed by atoms with Crippen molar-refractivity contribution in [1.29, 1.82) is 0 Å². The summed E-state index contributed by atoms with van der Waals surface area (Å²) in [6.07, 6.45) is 4.11. The number of hydrogen-bond donors (Lipinski definition) is 0. The number of allylic oxidation sites excluding steroid dienone is 5. The summed E-state index contributed by atoms with van der Waals surface area (Å²) in [5.41, 5.74) is 1.51. The summed E-state index contributed by atoms with van der Waals surface area (Å²) < 4.78 is 11.9. The van der Waals surface area contributed by atoms with Crippen LogP contribution in [0, 0.1) is 0 Å². The summed E-state index contributed by atoms with van der Waals surface area (Å²) in [5, 5.41) is 0.691. The second kappa shape index (κ2) is 5.14. The van der Waals surface area contributed by atoms with E-state index in [0.29, 0.717) is 16.9 Å². The molecule has 0 N–H and O–H groups in total. The highest BCUT2D eigenvalue weighted by molar-refractivity contribution is 6.29. The molecule has 0 fully saturated rings. The van der Waals surface area contributed by atoms with Gasteiger partial charge in [-0.1, -0.05) is 17.7 Å². The van der Waals surface area contributed by atoms with Gasteiger partial charge in [0.1, 0.15) is 0 Å². The molecule has 0 nitrogen and oxygen atoms in total. The highest BCUT2D eigenvalue weighted by Gasteiger charge is 1.89. The van der Waals surface area contributed by atoms with E-state index in [9.17, 15) is 4.39 Å². The van der Waals surface area contributed by atoms with Gasteiger partial charge in [0, 0.05) is 5.03 Å². The van der Waals surface area contributed by atoms with Crippen LogP contribution < -0.4 is 0 Å². The summed E-state index contributed by atoms with van der Waals surface area (Å²) >= 11 is 5.57. The predicted molar refractivity (Wildman–Crippen MR) is 48.2 cm³/mol. The Morgan fingerprint density at radius 2 is 1.64 bits per heavy atom. The standard InChI is InChI=1S/C9H12ClF/c1-7(8(2)6-11)4-5-9(3)10/h4-6H,1-3H3/b7-4-,8-6+,9-5+. The quantitative estimate of drug-likeness (QED) is 0.556. The van der Waals surface area contributed by atoms with E-state index in [1.165, 1.54) is 0 Å². The average molecular weight is 175 g/mol. The Bertz CT molecular complexity index is 208. The van der Waals surface area contributed by atoms with Crippen LogP contribution in [0.4, 0.5) is 4.39 Å². The molecular weight excluding hydrogens is 163 g/mol. The Balaban J connectivity index is 4.36. The van der Waals surface area contributed by atoms with Crippen molar-refractivity contribution in [2.75, 3.05) is 0 Å². The lowest BCUT2D eigenvalue weighted by Gasteiger charge is -1.95. The lowest BCUT2D eigenvalue weighted by atomic mass is 10.1. The van der Waals surface area contributed by atoms with Gasteiger partial charge in [-0.15, -0.1) is 0 Å². The summed E-state index contributed by atoms with van der Waals surface area (Å²) in [4.78, 5) is 0. The van der Waals surface area contributed by atoms with Gasteiger partial charge in [0.15, 0.2) is 0 Å². The molecule has 0 radical (unpaired) electrons. The fraction of sp³-hybridized carbons (Fsp3) is 0.333. The number of halogens is 2. The van der Waals surface area contributed by atoms with Gasteiger partial charge < -0.3 is 0 Å². The normalized spacial score (nSPS) is 15.5. The summed E-state index contributed by atoms with van der Waals surface area (Å²) in [7, 11) is 0. The van der Waals surface area contributed by atoms with Gasteiger partial charge in [0.2, 0.25) is 0 Å². The van der Waals surface area contributed by atoms with Crippen molar-refractivity contribution >= 4 is 11.6 Å². The van der Waals surface area contributed by atoms with E-state index in [4.69, 9.17) is 11.6 Å². The van der Waals surface area contributed by atoms with Gasteiger partial charge >= 0.3 is 0 Å². The molecule has 0 aromatic rings. The van der Waals surface area contributed by atoms with E-state index >= 15 is 0 Å². The molecule has 0 aliphatic carbocycles. The molecule has 0 saturated carbocycles. The molecule has 0 aliphatic rings. The maximum Gasteiger partial charge on any atom is 0.0898 e. The number of hydrogen-bond acceptors (Lipinski definition) is 0. The Morgan fingerprint density at radius 1 is 1.09 bits per heavy atom. The van der Waals surface area contributed by atoms with Crippen LogP contribution in [-0.4, -0.2) is 0 Å². The minimum Gasteiger partial charge on any atom is -0.215 e. The first-order chi connectivity index (χ1) is 5.07. The van der Waals surface area contributed by atoms with Crippen molar-refractivity contribution in [2.24, 2.45) is 0 Å². The first-order valence-corrected chi connectivity index (χ1v) is 3.73. The molecule has 0 rings (SSSR count). The van der Waals surface area contributed by atoms with E-state index < -0.39 is 0 Å². The van der Waals surface area contributed by atoms with Gasteiger partial charge in [-0.25, -0.2) is 4.39 Å². The molecule has 0 heterocycles. The maximum atomic E-state index is 11.9. The molecule has 0 aliphatic heterocycles. The average Bonchev–Trinajstić information content (AvgIpc) is 1.98. The van der Waals surface area contributed by atoms with Crippen LogP contribution in [-0.2, 0) is 0 Å². The highest BCUT2D eigenvalue weighted by Crippen LogP contribution is 2.09. The molecule has 0 amide bonds. The fourth-order valence-corrected chi connectivity index (χ4v) is 0.520. The summed E-state index contributed by atoms with van der Waals surface area (Å²) in [6, 6.07) is 0. The van der Waals surface area contributed by atoms with Crippen LogP contribution in [0.1, 0.15) is 20.8 Å². The fourth-order valence-electron chi connectivity index (χ4n) is 0.457. The predicted octanol–water partition coefficient (Wildman–Crippen LogP) is 3.95. The molecule has 0 aromatic heterocycles. The van der Waals surface area contributed by atoms with Crippen LogP contribution >= 0.6 is 11.6 Å². The first kappa shape index (κ1) is 10.4. The molecule has 62 valence electrons. The Morgan fingerprint density at radius 3 is 2.00 bits per heavy atom. The van der Waals surface area contributed by atoms with Crippen molar-refractivity contribution in [2.45, 2.75) is 20.8 Å². The van der Waals surface area contributed by atoms with E-state index in [1.807, 2.05) is 6.92 Å². The van der Waals surface area contributed by atoms with Crippen molar-refractivity contribution in [1.82, 2.24) is 0 Å². The van der Waals surface area contributed by atoms with Crippen LogP contribution in [0.25, 0.3) is 0 Å². The molecule has 11 heavy (non-hydrogen) atoms. The SMILES string of the molecule is CC(=C/C=C(\C)Cl)/C(C)=C/F. The smallest absolute Gasteiger partial charge is 0.0898 e. The van der Waals surface area contributed by atoms with E-state index in [1.54, 1.807) is 26.0 Å². The van der Waals surface area contributed by atoms with Crippen molar-refractivity contribution < 1.29 is 4.39 Å². The van der Waals surface area contributed by atoms with Crippen LogP contribution in [0.15, 0.2) is 34.7 Å². The van der Waals surface area contributed by atoms with Crippen LogP contribution in [0.2, 0.25) is 0 Å². The third-order valence-electron chi connectivity index (χ3n) is 1.35. The topological polar surface area (TPSA) is 0 Å². The van der Waals surface area contributed by atoms with Crippen molar-refractivity contribution in [3.8, 4) is 0 Å². The molecule has 0 saturated heterocycles. The molecular formula is C9H12ClF. The molecule has 0 unspecified atom stereocenters. The first-order valence-electron chi connectivity index (χ1n) is 3.36. The van der Waals surface area contributed by atoms with E-state index in [0.717, 1.165) is 5.57 Å². The molecule has 2 heteroatoms. The van der Waals surface area contributed by atoms with Crippen LogP contribution in [0.3, 0.4) is 0 Å². The second-order valence-electron chi connectivity index (χ2n) is 2.40. The molecule has 0 spiro atoms. The highest BCUT2D eigenvalue weighted by atomic mass is 35.5. The van der Waals surface area contributed by atoms with Crippen LogP contribution in [0.5, 0.6) is 0 Å². The number of rotatable bonds is 2. The van der Waals surface area contributed by atoms with Crippen molar-refractivity contribution in [3.63, 3.8) is 0 Å². The summed E-state index contributed by atoms with van der Waals surface area (Å²) in [6.45, 7) is 5.32. The third-order valence-corrected chi connectivity index (χ3v) is 1.47. The Labute approximate surface area is 72.1 Å². The van der Waals surface area contributed by atoms with Gasteiger partial charge in [-0.2, -0.15) is 0 Å². The van der Waals surface area contributed by atoms with Gasteiger partial charge in [0.05, 0.1) is 6.33 Å². The lowest BCUT2D eigenvalue weighted by molar-refractivity contribution is 0.711. The lowest BCUT2D eigenvalue weighted by Crippen LogP contribution is -1.75. The Kier molecular flexibility index (Phi) is 4.88. The summed E-state index contributed by atoms with van der Waals surface area (Å²) in [5.74, 6) is 0. The molecule has 0 atom stereocenters. The zero-order valence-corrected chi connectivity index (χ0v) is 7.74. The minimum atomic E-state index is 0.587. The zero-order chi connectivity index (χ0) is 8.85. The zero-order valence-electron chi connectivity index (χ0n) is 6.99. The van der Waals surface area contributed by atoms with E-state index in [2.05, 4.69) is 0 Å². The molecule has 0 aromatic carbocycles. The monoisotopic (exact) mass is 174 g/mol. The third kappa shape index (κ3) is 4.79. The second-order valence-corrected chi connectivity index (χ2v) is 2.99. The minimum absolute atomic E-state index is 0.587. The molecule has 0 bridgehead atoms. The van der Waals surface area contributed by atoms with Gasteiger partial charge in [0.25, 0.3) is 0 Å². The van der Waals surface area contributed by atoms with Gasteiger partial charge in [-0.05, 0) is 38.0 Å². The Hall–Kier alpha value is -0.560. The van der Waals surface area contributed by atoms with Gasteiger partial charge in [-0.3, -0.25) is 0 Å². The van der Waals surface area contributed by atoms with Crippen molar-refractivity contribution in [3.05, 3.63) is 34.7 Å².